The first-order valence-corrected chi connectivity index (χ1v) is 5.29. The van der Waals surface area contributed by atoms with E-state index in [-0.39, 0.29) is 5.69 Å². The predicted octanol–water partition coefficient (Wildman–Crippen LogP) is 1.03. The van der Waals surface area contributed by atoms with Crippen LogP contribution in [0.4, 0.5) is 10.1 Å². The van der Waals surface area contributed by atoms with Crippen molar-refractivity contribution in [2.45, 2.75) is 11.8 Å². The summed E-state index contributed by atoms with van der Waals surface area (Å²) in [5, 5.41) is 2.16. The summed E-state index contributed by atoms with van der Waals surface area (Å²) in [7, 11) is -4.42. The molecule has 15 heavy (non-hydrogen) atoms. The lowest BCUT2D eigenvalue weighted by atomic mass is 10.3. The van der Waals surface area contributed by atoms with Crippen molar-refractivity contribution in [1.82, 2.24) is 0 Å². The summed E-state index contributed by atoms with van der Waals surface area (Å²) in [6, 6.07) is 2.67. The summed E-state index contributed by atoms with van der Waals surface area (Å²) in [5.74, 6) is -1.41. The topological polar surface area (TPSA) is 83.5 Å². The average molecular weight is 233 g/mol. The lowest BCUT2D eigenvalue weighted by Crippen LogP contribution is -2.08. The Labute approximate surface area is 85.7 Å². The highest BCUT2D eigenvalue weighted by Crippen LogP contribution is 2.18. The molecule has 0 radical (unpaired) electrons. The number of carbonyl (C=O) groups is 1. The monoisotopic (exact) mass is 233 g/mol. The second-order valence-electron chi connectivity index (χ2n) is 2.80. The highest BCUT2D eigenvalue weighted by atomic mass is 32.2. The van der Waals surface area contributed by atoms with Gasteiger partial charge in [-0.15, -0.1) is 0 Å². The van der Waals surface area contributed by atoms with Crippen LogP contribution in [0.15, 0.2) is 23.1 Å². The third kappa shape index (κ3) is 3.00. The van der Waals surface area contributed by atoms with Gasteiger partial charge in [0.05, 0.1) is 10.6 Å². The zero-order valence-corrected chi connectivity index (χ0v) is 8.51. The molecule has 5 nitrogen and oxygen atoms in total. The van der Waals surface area contributed by atoms with E-state index in [2.05, 4.69) is 5.32 Å². The Morgan fingerprint density at radius 3 is 2.47 bits per heavy atom. The molecular weight excluding hydrogens is 225 g/mol. The summed E-state index contributed by atoms with van der Waals surface area (Å²) >= 11 is 0. The van der Waals surface area contributed by atoms with Crippen LogP contribution >= 0.6 is 0 Å². The van der Waals surface area contributed by atoms with Gasteiger partial charge in [0, 0.05) is 6.92 Å². The van der Waals surface area contributed by atoms with Crippen molar-refractivity contribution in [2.24, 2.45) is 0 Å². The molecular formula is C8H8FNO4S. The summed E-state index contributed by atoms with van der Waals surface area (Å²) in [5.41, 5.74) is -0.144. The molecule has 2 N–H and O–H groups in total. The fourth-order valence-corrected chi connectivity index (χ4v) is 1.44. The van der Waals surface area contributed by atoms with E-state index in [1.165, 1.54) is 6.92 Å². The average Bonchev–Trinajstić information content (AvgIpc) is 2.05. The van der Waals surface area contributed by atoms with Crippen LogP contribution in [0, 0.1) is 5.82 Å². The SMILES string of the molecule is CC(=O)Nc1ccc(S(=O)(=O)O)cc1F. The first-order valence-electron chi connectivity index (χ1n) is 3.85. The number of carbonyl (C=O) groups excluding carboxylic acids is 1. The molecule has 0 aromatic heterocycles. The van der Waals surface area contributed by atoms with Gasteiger partial charge in [-0.2, -0.15) is 8.42 Å². The highest BCUT2D eigenvalue weighted by Gasteiger charge is 2.12. The second kappa shape index (κ2) is 3.95. The fraction of sp³-hybridized carbons (Fsp3) is 0.125. The maximum Gasteiger partial charge on any atom is 0.294 e. The number of anilines is 1. The number of benzene rings is 1. The number of nitrogens with one attached hydrogen (secondary N) is 1. The molecule has 0 aliphatic carbocycles. The van der Waals surface area contributed by atoms with Crippen LogP contribution < -0.4 is 5.32 Å². The molecule has 0 saturated heterocycles. The summed E-state index contributed by atoms with van der Waals surface area (Å²) in [4.78, 5) is 10.0. The molecule has 0 aliphatic rings. The fourth-order valence-electron chi connectivity index (χ4n) is 0.947. The van der Waals surface area contributed by atoms with E-state index in [9.17, 15) is 17.6 Å². The van der Waals surface area contributed by atoms with Crippen molar-refractivity contribution in [1.29, 1.82) is 0 Å². The maximum absolute atomic E-state index is 13.2. The van der Waals surface area contributed by atoms with Gasteiger partial charge in [-0.25, -0.2) is 4.39 Å². The second-order valence-corrected chi connectivity index (χ2v) is 4.22. The van der Waals surface area contributed by atoms with Gasteiger partial charge in [-0.3, -0.25) is 9.35 Å². The molecule has 82 valence electrons. The van der Waals surface area contributed by atoms with Gasteiger partial charge < -0.3 is 5.32 Å². The Morgan fingerprint density at radius 2 is 2.07 bits per heavy atom. The largest absolute Gasteiger partial charge is 0.324 e. The molecule has 1 amide bonds. The predicted molar refractivity (Wildman–Crippen MR) is 50.5 cm³/mol. The summed E-state index contributed by atoms with van der Waals surface area (Å²) in [6.07, 6.45) is 0. The lowest BCUT2D eigenvalue weighted by molar-refractivity contribution is -0.114. The zero-order valence-electron chi connectivity index (χ0n) is 7.69. The van der Waals surface area contributed by atoms with Crippen molar-refractivity contribution in [3.8, 4) is 0 Å². The molecule has 0 unspecified atom stereocenters. The minimum Gasteiger partial charge on any atom is -0.324 e. The van der Waals surface area contributed by atoms with Gasteiger partial charge in [0.15, 0.2) is 0 Å². The molecule has 7 heteroatoms. The van der Waals surface area contributed by atoms with E-state index in [1.54, 1.807) is 0 Å². The standard InChI is InChI=1S/C8H8FNO4S/c1-5(11)10-8-3-2-6(4-7(8)9)15(12,13)14/h2-4H,1H3,(H,10,11)(H,12,13,14). The van der Waals surface area contributed by atoms with Crippen LogP contribution in [-0.4, -0.2) is 18.9 Å². The maximum atomic E-state index is 13.2. The van der Waals surface area contributed by atoms with E-state index >= 15 is 0 Å². The van der Waals surface area contributed by atoms with Gasteiger partial charge in [-0.1, -0.05) is 0 Å². The van der Waals surface area contributed by atoms with Gasteiger partial charge in [0.25, 0.3) is 10.1 Å². The Hall–Kier alpha value is -1.47. The summed E-state index contributed by atoms with van der Waals surface area (Å²) in [6.45, 7) is 1.19. The summed E-state index contributed by atoms with van der Waals surface area (Å²) < 4.78 is 43.0. The van der Waals surface area contributed by atoms with E-state index < -0.39 is 26.7 Å². The van der Waals surface area contributed by atoms with Crippen LogP contribution in [0.5, 0.6) is 0 Å². The number of hydrogen-bond acceptors (Lipinski definition) is 3. The lowest BCUT2D eigenvalue weighted by Gasteiger charge is -2.04. The minimum absolute atomic E-state index is 0.144. The number of halogens is 1. The Balaban J connectivity index is 3.15. The molecule has 0 fully saturated rings. The van der Waals surface area contributed by atoms with Crippen LogP contribution in [0.3, 0.4) is 0 Å². The molecule has 0 spiro atoms. The smallest absolute Gasteiger partial charge is 0.294 e. The van der Waals surface area contributed by atoms with E-state index in [0.717, 1.165) is 12.1 Å². The highest BCUT2D eigenvalue weighted by molar-refractivity contribution is 7.85. The normalized spacial score (nSPS) is 11.1. The Bertz CT molecular complexity index is 497. The van der Waals surface area contributed by atoms with E-state index in [1.807, 2.05) is 0 Å². The number of rotatable bonds is 2. The Morgan fingerprint density at radius 1 is 1.47 bits per heavy atom. The van der Waals surface area contributed by atoms with Crippen molar-refractivity contribution in [3.63, 3.8) is 0 Å². The molecule has 0 heterocycles. The van der Waals surface area contributed by atoms with Crippen LogP contribution in [0.2, 0.25) is 0 Å². The number of amides is 1. The Kier molecular flexibility index (Phi) is 3.06. The quantitative estimate of drug-likeness (QED) is 0.747. The molecule has 1 aromatic carbocycles. The van der Waals surface area contributed by atoms with Crippen LogP contribution in [0.1, 0.15) is 6.92 Å². The molecule has 1 aromatic rings. The van der Waals surface area contributed by atoms with Gasteiger partial charge in [0.1, 0.15) is 5.82 Å². The zero-order chi connectivity index (χ0) is 11.6. The van der Waals surface area contributed by atoms with Gasteiger partial charge >= 0.3 is 0 Å². The van der Waals surface area contributed by atoms with E-state index in [0.29, 0.717) is 6.07 Å². The third-order valence-corrected chi connectivity index (χ3v) is 2.40. The van der Waals surface area contributed by atoms with Crippen molar-refractivity contribution >= 4 is 21.7 Å². The molecule has 1 rings (SSSR count). The van der Waals surface area contributed by atoms with Crippen LogP contribution in [-0.2, 0) is 14.9 Å². The van der Waals surface area contributed by atoms with Gasteiger partial charge in [0.2, 0.25) is 5.91 Å². The first kappa shape index (κ1) is 11.6. The van der Waals surface area contributed by atoms with Crippen molar-refractivity contribution in [2.75, 3.05) is 5.32 Å². The van der Waals surface area contributed by atoms with Gasteiger partial charge in [-0.05, 0) is 18.2 Å². The van der Waals surface area contributed by atoms with Crippen molar-refractivity contribution in [3.05, 3.63) is 24.0 Å². The number of hydrogen-bond donors (Lipinski definition) is 2. The van der Waals surface area contributed by atoms with E-state index in [4.69, 9.17) is 4.55 Å². The third-order valence-electron chi connectivity index (χ3n) is 1.55. The molecule has 0 bridgehead atoms. The molecule has 0 aliphatic heterocycles. The first-order chi connectivity index (χ1) is 6.80. The van der Waals surface area contributed by atoms with Crippen molar-refractivity contribution < 1.29 is 22.2 Å². The molecule has 0 atom stereocenters. The minimum atomic E-state index is -4.42. The molecule has 0 saturated carbocycles. The van der Waals surface area contributed by atoms with Crippen LogP contribution in [0.25, 0.3) is 0 Å².